The lowest BCUT2D eigenvalue weighted by molar-refractivity contribution is 0.123. The molecule has 0 amide bonds. The first kappa shape index (κ1) is 10.5. The second-order valence-electron chi connectivity index (χ2n) is 4.42. The van der Waals surface area contributed by atoms with Gasteiger partial charge in [0.1, 0.15) is 5.82 Å². The minimum Gasteiger partial charge on any atom is -0.481 e. The highest BCUT2D eigenvalue weighted by molar-refractivity contribution is 5.71. The molecule has 2 aromatic rings. The fourth-order valence-electron chi connectivity index (χ4n) is 2.21. The van der Waals surface area contributed by atoms with Gasteiger partial charge < -0.3 is 14.5 Å². The molecule has 90 valence electrons. The summed E-state index contributed by atoms with van der Waals surface area (Å²) in [6, 6.07) is 3.77. The predicted molar refractivity (Wildman–Crippen MR) is 63.2 cm³/mol. The molecular formula is C12H15N3O2. The minimum atomic E-state index is 0.315. The predicted octanol–water partition coefficient (Wildman–Crippen LogP) is 1.86. The van der Waals surface area contributed by atoms with E-state index in [0.717, 1.165) is 24.4 Å². The van der Waals surface area contributed by atoms with E-state index in [1.165, 1.54) is 0 Å². The third-order valence-corrected chi connectivity index (χ3v) is 3.13. The van der Waals surface area contributed by atoms with Gasteiger partial charge in [-0.05, 0) is 19.4 Å². The third kappa shape index (κ3) is 1.86. The Bertz CT molecular complexity index is 538. The van der Waals surface area contributed by atoms with Gasteiger partial charge in [-0.15, -0.1) is 0 Å². The average Bonchev–Trinajstić information content (AvgIpc) is 2.93. The van der Waals surface area contributed by atoms with Gasteiger partial charge in [0.05, 0.1) is 25.3 Å². The van der Waals surface area contributed by atoms with Crippen molar-refractivity contribution >= 4 is 11.2 Å². The Kier molecular flexibility index (Phi) is 2.48. The van der Waals surface area contributed by atoms with Crippen LogP contribution in [0.1, 0.15) is 25.1 Å². The van der Waals surface area contributed by atoms with Crippen molar-refractivity contribution in [1.29, 1.82) is 0 Å². The van der Waals surface area contributed by atoms with E-state index in [-0.39, 0.29) is 0 Å². The number of methoxy groups -OCH3 is 1. The Morgan fingerprint density at radius 1 is 1.41 bits per heavy atom. The van der Waals surface area contributed by atoms with E-state index in [0.29, 0.717) is 23.5 Å². The number of pyridine rings is 1. The molecule has 1 saturated heterocycles. The highest BCUT2D eigenvalue weighted by atomic mass is 16.5. The average molecular weight is 233 g/mol. The topological polar surface area (TPSA) is 60.0 Å². The number of nitrogens with zero attached hydrogens (tertiary/aromatic N) is 2. The molecule has 0 aliphatic carbocycles. The van der Waals surface area contributed by atoms with E-state index < -0.39 is 0 Å². The number of ether oxygens (including phenoxy) is 2. The van der Waals surface area contributed by atoms with Crippen molar-refractivity contribution in [3.63, 3.8) is 0 Å². The van der Waals surface area contributed by atoms with Crippen LogP contribution in [-0.4, -0.2) is 34.8 Å². The van der Waals surface area contributed by atoms with E-state index in [9.17, 15) is 0 Å². The van der Waals surface area contributed by atoms with Gasteiger partial charge >= 0.3 is 0 Å². The van der Waals surface area contributed by atoms with Crippen LogP contribution in [0.2, 0.25) is 0 Å². The summed E-state index contributed by atoms with van der Waals surface area (Å²) in [5.74, 6) is 1.90. The van der Waals surface area contributed by atoms with Crippen LogP contribution in [0.15, 0.2) is 12.1 Å². The second kappa shape index (κ2) is 4.00. The van der Waals surface area contributed by atoms with Gasteiger partial charge in [0.2, 0.25) is 5.88 Å². The molecule has 0 bridgehead atoms. The number of aromatic nitrogens is 3. The van der Waals surface area contributed by atoms with Crippen LogP contribution in [0, 0.1) is 0 Å². The lowest BCUT2D eigenvalue weighted by Crippen LogP contribution is -2.00. The van der Waals surface area contributed by atoms with Crippen LogP contribution in [0.25, 0.3) is 11.2 Å². The maximum absolute atomic E-state index is 5.56. The standard InChI is InChI=1S/C12H15N3O2/c1-7-5-8(6-17-7)11-13-9-3-4-10(16-2)14-12(9)15-11/h3-4,7-8H,5-6H2,1-2H3,(H,13,14,15). The lowest BCUT2D eigenvalue weighted by Gasteiger charge is -2.01. The third-order valence-electron chi connectivity index (χ3n) is 3.13. The summed E-state index contributed by atoms with van der Waals surface area (Å²) in [5.41, 5.74) is 1.65. The molecule has 5 heteroatoms. The molecule has 0 spiro atoms. The Labute approximate surface area is 99.2 Å². The van der Waals surface area contributed by atoms with Gasteiger partial charge in [0.15, 0.2) is 5.65 Å². The maximum atomic E-state index is 5.56. The molecule has 0 saturated carbocycles. The molecule has 1 N–H and O–H groups in total. The fraction of sp³-hybridized carbons (Fsp3) is 0.500. The van der Waals surface area contributed by atoms with E-state index in [1.807, 2.05) is 12.1 Å². The Morgan fingerprint density at radius 3 is 3.00 bits per heavy atom. The summed E-state index contributed by atoms with van der Waals surface area (Å²) in [7, 11) is 1.61. The normalized spacial score (nSPS) is 24.4. The monoisotopic (exact) mass is 233 g/mol. The largest absolute Gasteiger partial charge is 0.481 e. The zero-order valence-electron chi connectivity index (χ0n) is 9.93. The van der Waals surface area contributed by atoms with Gasteiger partial charge in [0, 0.05) is 12.0 Å². The smallest absolute Gasteiger partial charge is 0.215 e. The first-order valence-corrected chi connectivity index (χ1v) is 5.78. The Balaban J connectivity index is 1.96. The molecule has 2 atom stereocenters. The molecular weight excluding hydrogens is 218 g/mol. The highest BCUT2D eigenvalue weighted by Gasteiger charge is 2.26. The van der Waals surface area contributed by atoms with Crippen molar-refractivity contribution in [2.45, 2.75) is 25.4 Å². The zero-order chi connectivity index (χ0) is 11.8. The molecule has 0 aromatic carbocycles. The fourth-order valence-corrected chi connectivity index (χ4v) is 2.21. The molecule has 1 aliphatic rings. The number of H-pyrrole nitrogens is 1. The summed E-state index contributed by atoms with van der Waals surface area (Å²) in [5, 5.41) is 0. The van der Waals surface area contributed by atoms with Crippen LogP contribution < -0.4 is 4.74 Å². The van der Waals surface area contributed by atoms with Crippen molar-refractivity contribution in [3.8, 4) is 5.88 Å². The lowest BCUT2D eigenvalue weighted by atomic mass is 10.1. The number of nitrogens with one attached hydrogen (secondary N) is 1. The van der Waals surface area contributed by atoms with E-state index in [4.69, 9.17) is 9.47 Å². The molecule has 2 unspecified atom stereocenters. The molecule has 1 aliphatic heterocycles. The van der Waals surface area contributed by atoms with Gasteiger partial charge in [0.25, 0.3) is 0 Å². The van der Waals surface area contributed by atoms with Crippen molar-refractivity contribution in [2.75, 3.05) is 13.7 Å². The number of aromatic amines is 1. The molecule has 2 aromatic heterocycles. The van der Waals surface area contributed by atoms with Crippen LogP contribution in [0.5, 0.6) is 5.88 Å². The van der Waals surface area contributed by atoms with Crippen molar-refractivity contribution in [3.05, 3.63) is 18.0 Å². The minimum absolute atomic E-state index is 0.315. The number of fused-ring (bicyclic) bond motifs is 1. The van der Waals surface area contributed by atoms with Crippen LogP contribution in [0.4, 0.5) is 0 Å². The second-order valence-corrected chi connectivity index (χ2v) is 4.42. The van der Waals surface area contributed by atoms with Gasteiger partial charge in [-0.3, -0.25) is 0 Å². The Hall–Kier alpha value is -1.62. The molecule has 17 heavy (non-hydrogen) atoms. The Morgan fingerprint density at radius 2 is 2.29 bits per heavy atom. The van der Waals surface area contributed by atoms with E-state index >= 15 is 0 Å². The number of hydrogen-bond donors (Lipinski definition) is 1. The van der Waals surface area contributed by atoms with Crippen molar-refractivity contribution in [2.24, 2.45) is 0 Å². The van der Waals surface area contributed by atoms with Crippen LogP contribution in [0.3, 0.4) is 0 Å². The molecule has 3 rings (SSSR count). The van der Waals surface area contributed by atoms with E-state index in [2.05, 4.69) is 21.9 Å². The summed E-state index contributed by atoms with van der Waals surface area (Å²) in [6.45, 7) is 2.82. The maximum Gasteiger partial charge on any atom is 0.215 e. The first-order chi connectivity index (χ1) is 8.26. The summed E-state index contributed by atoms with van der Waals surface area (Å²) in [6.07, 6.45) is 1.33. The number of imidazole rings is 1. The van der Waals surface area contributed by atoms with Crippen molar-refractivity contribution in [1.82, 2.24) is 15.0 Å². The molecule has 5 nitrogen and oxygen atoms in total. The van der Waals surface area contributed by atoms with Crippen LogP contribution in [-0.2, 0) is 4.74 Å². The van der Waals surface area contributed by atoms with Crippen molar-refractivity contribution < 1.29 is 9.47 Å². The van der Waals surface area contributed by atoms with Crippen LogP contribution >= 0.6 is 0 Å². The molecule has 1 fully saturated rings. The summed E-state index contributed by atoms with van der Waals surface area (Å²) >= 11 is 0. The molecule has 3 heterocycles. The first-order valence-electron chi connectivity index (χ1n) is 5.78. The van der Waals surface area contributed by atoms with Gasteiger partial charge in [-0.2, -0.15) is 4.98 Å². The zero-order valence-corrected chi connectivity index (χ0v) is 9.93. The summed E-state index contributed by atoms with van der Waals surface area (Å²) < 4.78 is 10.6. The highest BCUT2D eigenvalue weighted by Crippen LogP contribution is 2.28. The number of hydrogen-bond acceptors (Lipinski definition) is 4. The van der Waals surface area contributed by atoms with Gasteiger partial charge in [-0.25, -0.2) is 4.98 Å². The van der Waals surface area contributed by atoms with Gasteiger partial charge in [-0.1, -0.05) is 0 Å². The van der Waals surface area contributed by atoms with E-state index in [1.54, 1.807) is 7.11 Å². The number of rotatable bonds is 2. The quantitative estimate of drug-likeness (QED) is 0.860. The summed E-state index contributed by atoms with van der Waals surface area (Å²) in [4.78, 5) is 12.1. The molecule has 0 radical (unpaired) electrons. The SMILES string of the molecule is COc1ccc2[nH]c(C3COC(C)C3)nc2n1.